The van der Waals surface area contributed by atoms with Crippen molar-refractivity contribution in [2.45, 2.75) is 24.3 Å². The maximum atomic E-state index is 11.6. The van der Waals surface area contributed by atoms with Crippen molar-refractivity contribution in [1.82, 2.24) is 0 Å². The molecular formula is C10H10ClNO4S. The zero-order valence-electron chi connectivity index (χ0n) is 9.15. The number of anilines is 1. The number of hydrogen-bond acceptors (Lipinski definition) is 4. The molecule has 0 radical (unpaired) electrons. The lowest BCUT2D eigenvalue weighted by molar-refractivity contribution is -0.129. The van der Waals surface area contributed by atoms with E-state index in [2.05, 4.69) is 5.32 Å². The number of hydrogen-bond donors (Lipinski definition) is 1. The van der Waals surface area contributed by atoms with Gasteiger partial charge in [-0.05, 0) is 32.0 Å². The van der Waals surface area contributed by atoms with Gasteiger partial charge in [-0.3, -0.25) is 4.79 Å². The summed E-state index contributed by atoms with van der Waals surface area (Å²) in [7, 11) is 1.40. The summed E-state index contributed by atoms with van der Waals surface area (Å²) in [6.45, 7) is 3.24. The Labute approximate surface area is 103 Å². The Morgan fingerprint density at radius 2 is 2.00 bits per heavy atom. The van der Waals surface area contributed by atoms with Gasteiger partial charge in [0.05, 0.1) is 10.6 Å². The quantitative estimate of drug-likeness (QED) is 0.792. The predicted molar refractivity (Wildman–Crippen MR) is 62.8 cm³/mol. The highest BCUT2D eigenvalue weighted by Gasteiger charge is 2.35. The summed E-state index contributed by atoms with van der Waals surface area (Å²) in [6.07, 6.45) is 0. The molecule has 1 aliphatic rings. The monoisotopic (exact) mass is 275 g/mol. The number of ether oxygens (including phenoxy) is 1. The van der Waals surface area contributed by atoms with E-state index < -0.39 is 14.7 Å². The number of nitrogens with one attached hydrogen (secondary N) is 1. The summed E-state index contributed by atoms with van der Waals surface area (Å²) in [6, 6.07) is 4.06. The summed E-state index contributed by atoms with van der Waals surface area (Å²) in [5, 5.41) is 2.58. The molecule has 0 aromatic heterocycles. The SMILES string of the molecule is CC1(C)Oc2ccc(S(=O)(=O)Cl)cc2NC1=O. The molecule has 0 saturated carbocycles. The molecule has 0 spiro atoms. The van der Waals surface area contributed by atoms with Crippen LogP contribution in [0.5, 0.6) is 5.75 Å². The predicted octanol–water partition coefficient (Wildman–Crippen LogP) is 1.72. The lowest BCUT2D eigenvalue weighted by atomic mass is 10.1. The van der Waals surface area contributed by atoms with Crippen molar-refractivity contribution >= 4 is 31.3 Å². The molecule has 0 bridgehead atoms. The number of carbonyl (C=O) groups is 1. The molecule has 0 atom stereocenters. The van der Waals surface area contributed by atoms with Crippen molar-refractivity contribution in [3.05, 3.63) is 18.2 Å². The molecule has 1 aromatic rings. The molecule has 1 amide bonds. The molecule has 0 fully saturated rings. The normalized spacial score (nSPS) is 17.9. The van der Waals surface area contributed by atoms with Crippen molar-refractivity contribution in [3.8, 4) is 5.75 Å². The smallest absolute Gasteiger partial charge is 0.268 e. The van der Waals surface area contributed by atoms with Crippen LogP contribution in [0.3, 0.4) is 0 Å². The van der Waals surface area contributed by atoms with Crippen LogP contribution >= 0.6 is 10.7 Å². The van der Waals surface area contributed by atoms with E-state index in [9.17, 15) is 13.2 Å². The molecule has 1 aliphatic heterocycles. The molecule has 0 saturated heterocycles. The Kier molecular flexibility index (Phi) is 2.59. The minimum atomic E-state index is -3.82. The van der Waals surface area contributed by atoms with Gasteiger partial charge in [-0.1, -0.05) is 0 Å². The van der Waals surface area contributed by atoms with Crippen LogP contribution in [0.15, 0.2) is 23.1 Å². The molecule has 17 heavy (non-hydrogen) atoms. The maximum Gasteiger partial charge on any atom is 0.268 e. The van der Waals surface area contributed by atoms with E-state index >= 15 is 0 Å². The maximum absolute atomic E-state index is 11.6. The molecule has 0 aliphatic carbocycles. The highest BCUT2D eigenvalue weighted by molar-refractivity contribution is 8.13. The van der Waals surface area contributed by atoms with E-state index in [1.807, 2.05) is 0 Å². The van der Waals surface area contributed by atoms with Crippen LogP contribution in [0.1, 0.15) is 13.8 Å². The number of amides is 1. The van der Waals surface area contributed by atoms with Crippen molar-refractivity contribution < 1.29 is 17.9 Å². The minimum Gasteiger partial charge on any atom is -0.476 e. The molecule has 92 valence electrons. The highest BCUT2D eigenvalue weighted by Crippen LogP contribution is 2.35. The Morgan fingerprint density at radius 1 is 1.35 bits per heavy atom. The number of halogens is 1. The first-order valence-corrected chi connectivity index (χ1v) is 7.10. The Bertz CT molecular complexity index is 594. The van der Waals surface area contributed by atoms with Crippen LogP contribution in [0.25, 0.3) is 0 Å². The largest absolute Gasteiger partial charge is 0.476 e. The van der Waals surface area contributed by atoms with E-state index in [4.69, 9.17) is 15.4 Å². The van der Waals surface area contributed by atoms with E-state index in [1.165, 1.54) is 18.2 Å². The molecular weight excluding hydrogens is 266 g/mol. The molecule has 5 nitrogen and oxygen atoms in total. The highest BCUT2D eigenvalue weighted by atomic mass is 35.7. The van der Waals surface area contributed by atoms with Gasteiger partial charge in [0, 0.05) is 10.7 Å². The lowest BCUT2D eigenvalue weighted by Crippen LogP contribution is -2.45. The third-order valence-electron chi connectivity index (χ3n) is 2.39. The van der Waals surface area contributed by atoms with Gasteiger partial charge in [0.1, 0.15) is 5.75 Å². The Balaban J connectivity index is 2.50. The van der Waals surface area contributed by atoms with Crippen molar-refractivity contribution in [2.75, 3.05) is 5.32 Å². The van der Waals surface area contributed by atoms with Crippen LogP contribution in [0, 0.1) is 0 Å². The number of carbonyl (C=O) groups excluding carboxylic acids is 1. The Hall–Kier alpha value is -1.27. The number of fused-ring (bicyclic) bond motifs is 1. The first-order chi connectivity index (χ1) is 7.70. The van der Waals surface area contributed by atoms with Gasteiger partial charge in [0.25, 0.3) is 15.0 Å². The third-order valence-corrected chi connectivity index (χ3v) is 3.74. The fraction of sp³-hybridized carbons (Fsp3) is 0.300. The van der Waals surface area contributed by atoms with Gasteiger partial charge < -0.3 is 10.1 Å². The standard InChI is InChI=1S/C10H10ClNO4S/c1-10(2)9(13)12-7-5-6(17(11,14)15)3-4-8(7)16-10/h3-5H,1-2H3,(H,12,13). The third kappa shape index (κ3) is 2.23. The fourth-order valence-corrected chi connectivity index (χ4v) is 2.22. The van der Waals surface area contributed by atoms with Crippen LogP contribution in [-0.4, -0.2) is 19.9 Å². The van der Waals surface area contributed by atoms with Gasteiger partial charge in [-0.2, -0.15) is 0 Å². The summed E-state index contributed by atoms with van der Waals surface area (Å²) in [4.78, 5) is 11.5. The van der Waals surface area contributed by atoms with Crippen LogP contribution in [-0.2, 0) is 13.8 Å². The minimum absolute atomic E-state index is 0.0819. The van der Waals surface area contributed by atoms with Crippen molar-refractivity contribution in [3.63, 3.8) is 0 Å². The second-order valence-corrected chi connectivity index (χ2v) is 6.73. The van der Waals surface area contributed by atoms with Crippen LogP contribution in [0.4, 0.5) is 5.69 Å². The molecule has 2 rings (SSSR count). The van der Waals surface area contributed by atoms with Gasteiger partial charge >= 0.3 is 0 Å². The van der Waals surface area contributed by atoms with Gasteiger partial charge in [0.15, 0.2) is 5.60 Å². The van der Waals surface area contributed by atoms with E-state index in [0.717, 1.165) is 0 Å². The molecule has 1 heterocycles. The molecule has 1 aromatic carbocycles. The van der Waals surface area contributed by atoms with Gasteiger partial charge in [-0.25, -0.2) is 8.42 Å². The average Bonchev–Trinajstić information content (AvgIpc) is 2.17. The molecule has 7 heteroatoms. The van der Waals surface area contributed by atoms with Gasteiger partial charge in [0.2, 0.25) is 0 Å². The summed E-state index contributed by atoms with van der Waals surface area (Å²) in [5.74, 6) is 0.0767. The zero-order valence-corrected chi connectivity index (χ0v) is 10.7. The average molecular weight is 276 g/mol. The van der Waals surface area contributed by atoms with E-state index in [-0.39, 0.29) is 10.8 Å². The lowest BCUT2D eigenvalue weighted by Gasteiger charge is -2.31. The van der Waals surface area contributed by atoms with Crippen LogP contribution < -0.4 is 10.1 Å². The second kappa shape index (κ2) is 3.61. The molecule has 0 unspecified atom stereocenters. The summed E-state index contributed by atoms with van der Waals surface area (Å²) >= 11 is 0. The van der Waals surface area contributed by atoms with E-state index in [0.29, 0.717) is 11.4 Å². The van der Waals surface area contributed by atoms with Crippen LogP contribution in [0.2, 0.25) is 0 Å². The first kappa shape index (κ1) is 12.2. The number of rotatable bonds is 1. The fourth-order valence-electron chi connectivity index (χ4n) is 1.44. The van der Waals surface area contributed by atoms with Crippen molar-refractivity contribution in [1.29, 1.82) is 0 Å². The van der Waals surface area contributed by atoms with Gasteiger partial charge in [-0.15, -0.1) is 0 Å². The first-order valence-electron chi connectivity index (χ1n) is 4.79. The zero-order chi connectivity index (χ0) is 12.8. The second-order valence-electron chi connectivity index (χ2n) is 4.16. The summed E-state index contributed by atoms with van der Waals surface area (Å²) < 4.78 is 27.7. The van der Waals surface area contributed by atoms with E-state index in [1.54, 1.807) is 13.8 Å². The summed E-state index contributed by atoms with van der Waals surface area (Å²) in [5.41, 5.74) is -0.676. The number of benzene rings is 1. The molecule has 1 N–H and O–H groups in total. The topological polar surface area (TPSA) is 72.5 Å². The van der Waals surface area contributed by atoms with Crippen molar-refractivity contribution in [2.24, 2.45) is 0 Å². The Morgan fingerprint density at radius 3 is 2.59 bits per heavy atom.